The predicted molar refractivity (Wildman–Crippen MR) is 57.0 cm³/mol. The second-order valence-electron chi connectivity index (χ2n) is 3.39. The molecule has 1 aliphatic rings. The first-order valence-electron chi connectivity index (χ1n) is 4.72. The Morgan fingerprint density at radius 2 is 2.27 bits per heavy atom. The zero-order valence-electron chi connectivity index (χ0n) is 8.04. The van der Waals surface area contributed by atoms with Gasteiger partial charge in [-0.05, 0) is 23.8 Å². The fraction of sp³-hybridized carbons (Fsp3) is 0.273. The minimum atomic E-state index is -0.455. The summed E-state index contributed by atoms with van der Waals surface area (Å²) < 4.78 is 18.5. The average molecular weight is 228 g/mol. The van der Waals surface area contributed by atoms with Crippen molar-refractivity contribution in [3.8, 4) is 0 Å². The molecule has 15 heavy (non-hydrogen) atoms. The van der Waals surface area contributed by atoms with Crippen molar-refractivity contribution in [1.82, 2.24) is 0 Å². The molecule has 1 atom stereocenters. The molecule has 2 rings (SSSR count). The first-order valence-corrected chi connectivity index (χ1v) is 5.09. The molecule has 1 heterocycles. The summed E-state index contributed by atoms with van der Waals surface area (Å²) in [5.41, 5.74) is 6.59. The van der Waals surface area contributed by atoms with Crippen LogP contribution in [0.4, 0.5) is 4.39 Å². The second-order valence-corrected chi connectivity index (χ2v) is 3.80. The number of hydrogen-bond acceptors (Lipinski definition) is 2. The van der Waals surface area contributed by atoms with Gasteiger partial charge in [0.25, 0.3) is 0 Å². The molecule has 4 heteroatoms. The van der Waals surface area contributed by atoms with E-state index in [9.17, 15) is 4.39 Å². The molecule has 0 aromatic heterocycles. The Hall–Kier alpha value is -1.06. The summed E-state index contributed by atoms with van der Waals surface area (Å²) in [7, 11) is 0. The third-order valence-corrected chi connectivity index (χ3v) is 2.65. The number of benzene rings is 1. The third-order valence-electron chi connectivity index (χ3n) is 2.34. The van der Waals surface area contributed by atoms with Crippen molar-refractivity contribution in [2.75, 3.05) is 6.61 Å². The molecule has 0 saturated heterocycles. The molecule has 1 aromatic rings. The maximum absolute atomic E-state index is 13.2. The summed E-state index contributed by atoms with van der Waals surface area (Å²) in [6, 6.07) is 4.15. The lowest BCUT2D eigenvalue weighted by molar-refractivity contribution is 0.225. The van der Waals surface area contributed by atoms with Crippen molar-refractivity contribution in [2.45, 2.75) is 12.5 Å². The van der Waals surface area contributed by atoms with Crippen LogP contribution in [0.5, 0.6) is 0 Å². The lowest BCUT2D eigenvalue weighted by Gasteiger charge is -2.13. The predicted octanol–water partition coefficient (Wildman–Crippen LogP) is 2.78. The maximum Gasteiger partial charge on any atom is 0.142 e. The zero-order chi connectivity index (χ0) is 10.8. The largest absolute Gasteiger partial charge is 0.496 e. The van der Waals surface area contributed by atoms with Crippen molar-refractivity contribution in [1.29, 1.82) is 0 Å². The molecule has 0 aliphatic carbocycles. The molecule has 1 aromatic carbocycles. The molecule has 0 fully saturated rings. The Balaban J connectivity index is 2.25. The van der Waals surface area contributed by atoms with Crippen LogP contribution in [0.1, 0.15) is 18.0 Å². The maximum atomic E-state index is 13.2. The van der Waals surface area contributed by atoms with Gasteiger partial charge in [0, 0.05) is 6.42 Å². The van der Waals surface area contributed by atoms with Crippen molar-refractivity contribution >= 4 is 11.6 Å². The quantitative estimate of drug-likeness (QED) is 0.843. The minimum absolute atomic E-state index is 0.104. The van der Waals surface area contributed by atoms with E-state index in [1.807, 2.05) is 6.08 Å². The monoisotopic (exact) mass is 227 g/mol. The summed E-state index contributed by atoms with van der Waals surface area (Å²) in [5.74, 6) is 0.250. The molecular weight excluding hydrogens is 217 g/mol. The summed E-state index contributed by atoms with van der Waals surface area (Å²) in [6.07, 6.45) is 2.79. The van der Waals surface area contributed by atoms with Gasteiger partial charge in [-0.2, -0.15) is 0 Å². The van der Waals surface area contributed by atoms with Gasteiger partial charge in [0.05, 0.1) is 17.7 Å². The molecule has 0 spiro atoms. The highest BCUT2D eigenvalue weighted by molar-refractivity contribution is 6.30. The van der Waals surface area contributed by atoms with Crippen LogP contribution in [0.3, 0.4) is 0 Å². The Morgan fingerprint density at radius 3 is 2.87 bits per heavy atom. The van der Waals surface area contributed by atoms with Crippen LogP contribution in [-0.4, -0.2) is 6.61 Å². The minimum Gasteiger partial charge on any atom is -0.496 e. The lowest BCUT2D eigenvalue weighted by atomic mass is 10.1. The van der Waals surface area contributed by atoms with Crippen LogP contribution in [0.2, 0.25) is 5.02 Å². The number of halogens is 2. The van der Waals surface area contributed by atoms with Gasteiger partial charge in [0.1, 0.15) is 11.6 Å². The Kier molecular flexibility index (Phi) is 2.93. The topological polar surface area (TPSA) is 35.2 Å². The van der Waals surface area contributed by atoms with E-state index in [2.05, 4.69) is 0 Å². The first-order chi connectivity index (χ1) is 7.18. The number of rotatable bonds is 2. The van der Waals surface area contributed by atoms with Gasteiger partial charge in [-0.3, -0.25) is 0 Å². The highest BCUT2D eigenvalue weighted by Crippen LogP contribution is 2.26. The van der Waals surface area contributed by atoms with Gasteiger partial charge in [-0.25, -0.2) is 4.39 Å². The fourth-order valence-corrected chi connectivity index (χ4v) is 1.64. The number of nitrogens with two attached hydrogens (primary N) is 1. The first kappa shape index (κ1) is 10.5. The van der Waals surface area contributed by atoms with Gasteiger partial charge in [-0.15, -0.1) is 0 Å². The van der Waals surface area contributed by atoms with E-state index >= 15 is 0 Å². The van der Waals surface area contributed by atoms with Gasteiger partial charge >= 0.3 is 0 Å². The Labute approximate surface area is 92.5 Å². The van der Waals surface area contributed by atoms with Crippen molar-refractivity contribution in [3.63, 3.8) is 0 Å². The van der Waals surface area contributed by atoms with E-state index in [4.69, 9.17) is 22.1 Å². The van der Waals surface area contributed by atoms with Crippen LogP contribution in [-0.2, 0) is 4.74 Å². The van der Waals surface area contributed by atoms with Crippen LogP contribution in [0, 0.1) is 5.82 Å². The van der Waals surface area contributed by atoms with Crippen LogP contribution < -0.4 is 5.73 Å². The number of hydrogen-bond donors (Lipinski definition) is 1. The van der Waals surface area contributed by atoms with E-state index in [0.29, 0.717) is 17.9 Å². The highest BCUT2D eigenvalue weighted by Gasteiger charge is 2.17. The molecule has 0 amide bonds. The van der Waals surface area contributed by atoms with Crippen LogP contribution >= 0.6 is 11.6 Å². The summed E-state index contributed by atoms with van der Waals surface area (Å²) in [4.78, 5) is 0. The van der Waals surface area contributed by atoms with E-state index in [0.717, 1.165) is 6.42 Å². The molecule has 80 valence electrons. The third kappa shape index (κ3) is 2.13. The molecule has 2 nitrogen and oxygen atoms in total. The van der Waals surface area contributed by atoms with E-state index < -0.39 is 11.9 Å². The SMILES string of the molecule is NC(C1=CCCO1)c1ccc(Cl)c(F)c1. The van der Waals surface area contributed by atoms with Crippen LogP contribution in [0.25, 0.3) is 0 Å². The Bertz CT molecular complexity index is 406. The molecule has 1 aliphatic heterocycles. The molecule has 0 bridgehead atoms. The Morgan fingerprint density at radius 1 is 1.47 bits per heavy atom. The van der Waals surface area contributed by atoms with Crippen molar-refractivity contribution < 1.29 is 9.13 Å². The average Bonchev–Trinajstić information content (AvgIpc) is 2.74. The van der Waals surface area contributed by atoms with Crippen molar-refractivity contribution in [2.24, 2.45) is 5.73 Å². The molecule has 0 radical (unpaired) electrons. The van der Waals surface area contributed by atoms with Crippen LogP contribution in [0.15, 0.2) is 30.0 Å². The standard InChI is InChI=1S/C11H11ClFNO/c12-8-4-3-7(6-9(8)13)11(14)10-2-1-5-15-10/h2-4,6,11H,1,5,14H2. The smallest absolute Gasteiger partial charge is 0.142 e. The van der Waals surface area contributed by atoms with Gasteiger partial charge in [-0.1, -0.05) is 17.7 Å². The summed E-state index contributed by atoms with van der Waals surface area (Å²) >= 11 is 5.58. The van der Waals surface area contributed by atoms with E-state index in [-0.39, 0.29) is 5.02 Å². The fourth-order valence-electron chi connectivity index (χ4n) is 1.52. The normalized spacial score (nSPS) is 17.1. The summed E-state index contributed by atoms with van der Waals surface area (Å²) in [5, 5.41) is 0.104. The molecule has 0 saturated carbocycles. The lowest BCUT2D eigenvalue weighted by Crippen LogP contribution is -2.13. The van der Waals surface area contributed by atoms with E-state index in [1.54, 1.807) is 6.07 Å². The summed E-state index contributed by atoms with van der Waals surface area (Å²) in [6.45, 7) is 0.652. The van der Waals surface area contributed by atoms with E-state index in [1.165, 1.54) is 12.1 Å². The number of ether oxygens (including phenoxy) is 1. The highest BCUT2D eigenvalue weighted by atomic mass is 35.5. The van der Waals surface area contributed by atoms with Crippen molar-refractivity contribution in [3.05, 3.63) is 46.4 Å². The molecule has 2 N–H and O–H groups in total. The van der Waals surface area contributed by atoms with Gasteiger partial charge in [0.15, 0.2) is 0 Å². The molecule has 1 unspecified atom stereocenters. The second kappa shape index (κ2) is 4.21. The van der Waals surface area contributed by atoms with Gasteiger partial charge in [0.2, 0.25) is 0 Å². The van der Waals surface area contributed by atoms with Gasteiger partial charge < -0.3 is 10.5 Å². The molecular formula is C11H11ClFNO. The zero-order valence-corrected chi connectivity index (χ0v) is 8.80.